The van der Waals surface area contributed by atoms with Crippen molar-refractivity contribution in [3.05, 3.63) is 0 Å². The molecule has 0 aromatic rings. The van der Waals surface area contributed by atoms with Crippen LogP contribution in [-0.4, -0.2) is 43.0 Å². The molecule has 0 bridgehead atoms. The molecule has 1 saturated heterocycles. The number of rotatable bonds is 3. The quantitative estimate of drug-likeness (QED) is 0.665. The van der Waals surface area contributed by atoms with Crippen LogP contribution in [0, 0.1) is 0 Å². The molecule has 0 aromatic heterocycles. The monoisotopic (exact) mass is 214 g/mol. The third-order valence-electron chi connectivity index (χ3n) is 2.65. The first-order valence-corrected chi connectivity index (χ1v) is 5.28. The standard InChI is InChI=1S/C10H18N2O3/c1-15-10(14)8-4-2-3-7-12(8)9(13)5-6-11/h8H,2-7,11H2,1H3. The Kier molecular flexibility index (Phi) is 4.55. The smallest absolute Gasteiger partial charge is 0.328 e. The lowest BCUT2D eigenvalue weighted by Gasteiger charge is -2.33. The molecule has 1 unspecified atom stereocenters. The van der Waals surface area contributed by atoms with Crippen LogP contribution in [-0.2, 0) is 14.3 Å². The van der Waals surface area contributed by atoms with Crippen molar-refractivity contribution in [1.82, 2.24) is 4.90 Å². The van der Waals surface area contributed by atoms with Gasteiger partial charge in [0.1, 0.15) is 6.04 Å². The van der Waals surface area contributed by atoms with E-state index in [1.165, 1.54) is 7.11 Å². The molecular formula is C10H18N2O3. The zero-order valence-electron chi connectivity index (χ0n) is 9.07. The summed E-state index contributed by atoms with van der Waals surface area (Å²) in [6.07, 6.45) is 2.91. The second-order valence-electron chi connectivity index (χ2n) is 3.66. The van der Waals surface area contributed by atoms with Gasteiger partial charge >= 0.3 is 5.97 Å². The van der Waals surface area contributed by atoms with Gasteiger partial charge in [0.2, 0.25) is 5.91 Å². The van der Waals surface area contributed by atoms with Crippen molar-refractivity contribution in [3.8, 4) is 0 Å². The van der Waals surface area contributed by atoms with Crippen LogP contribution in [0.1, 0.15) is 25.7 Å². The number of amides is 1. The van der Waals surface area contributed by atoms with Crippen molar-refractivity contribution in [2.24, 2.45) is 5.73 Å². The SMILES string of the molecule is COC(=O)C1CCCCN1C(=O)CCN. The van der Waals surface area contributed by atoms with Crippen LogP contribution in [0.4, 0.5) is 0 Å². The van der Waals surface area contributed by atoms with Crippen molar-refractivity contribution in [2.45, 2.75) is 31.7 Å². The zero-order chi connectivity index (χ0) is 11.3. The molecule has 1 atom stereocenters. The number of carbonyl (C=O) groups is 2. The number of ether oxygens (including phenoxy) is 1. The Bertz CT molecular complexity index is 243. The number of likely N-dealkylation sites (tertiary alicyclic amines) is 1. The van der Waals surface area contributed by atoms with Gasteiger partial charge in [-0.05, 0) is 19.3 Å². The van der Waals surface area contributed by atoms with Gasteiger partial charge in [0, 0.05) is 19.5 Å². The fourth-order valence-electron chi connectivity index (χ4n) is 1.88. The van der Waals surface area contributed by atoms with E-state index in [1.54, 1.807) is 4.90 Å². The third kappa shape index (κ3) is 2.92. The summed E-state index contributed by atoms with van der Waals surface area (Å²) >= 11 is 0. The summed E-state index contributed by atoms with van der Waals surface area (Å²) in [5.41, 5.74) is 5.33. The van der Waals surface area contributed by atoms with E-state index in [0.29, 0.717) is 25.9 Å². The largest absolute Gasteiger partial charge is 0.467 e. The minimum absolute atomic E-state index is 0.0485. The van der Waals surface area contributed by atoms with Crippen molar-refractivity contribution in [1.29, 1.82) is 0 Å². The van der Waals surface area contributed by atoms with E-state index >= 15 is 0 Å². The minimum atomic E-state index is -0.400. The van der Waals surface area contributed by atoms with Gasteiger partial charge in [-0.15, -0.1) is 0 Å². The normalized spacial score (nSPS) is 21.2. The second-order valence-corrected chi connectivity index (χ2v) is 3.66. The Morgan fingerprint density at radius 3 is 2.80 bits per heavy atom. The van der Waals surface area contributed by atoms with Crippen LogP contribution in [0.5, 0.6) is 0 Å². The molecule has 86 valence electrons. The topological polar surface area (TPSA) is 72.6 Å². The Balaban J connectivity index is 2.65. The fraction of sp³-hybridized carbons (Fsp3) is 0.800. The highest BCUT2D eigenvalue weighted by Crippen LogP contribution is 2.18. The average Bonchev–Trinajstić information content (AvgIpc) is 2.28. The van der Waals surface area contributed by atoms with Crippen molar-refractivity contribution in [3.63, 3.8) is 0 Å². The predicted octanol–water partition coefficient (Wildman–Crippen LogP) is -0.111. The van der Waals surface area contributed by atoms with E-state index in [-0.39, 0.29) is 11.9 Å². The zero-order valence-corrected chi connectivity index (χ0v) is 9.07. The molecule has 0 radical (unpaired) electrons. The summed E-state index contributed by atoms with van der Waals surface area (Å²) in [7, 11) is 1.35. The second kappa shape index (κ2) is 5.70. The lowest BCUT2D eigenvalue weighted by atomic mass is 10.0. The number of esters is 1. The Labute approximate surface area is 89.6 Å². The van der Waals surface area contributed by atoms with Gasteiger partial charge in [0.15, 0.2) is 0 Å². The van der Waals surface area contributed by atoms with Crippen LogP contribution >= 0.6 is 0 Å². The highest BCUT2D eigenvalue weighted by molar-refractivity contribution is 5.84. The lowest BCUT2D eigenvalue weighted by molar-refractivity contribution is -0.154. The van der Waals surface area contributed by atoms with Gasteiger partial charge in [-0.3, -0.25) is 4.79 Å². The first-order chi connectivity index (χ1) is 7.20. The molecule has 5 nitrogen and oxygen atoms in total. The maximum absolute atomic E-state index is 11.7. The summed E-state index contributed by atoms with van der Waals surface area (Å²) in [6.45, 7) is 0.960. The minimum Gasteiger partial charge on any atom is -0.467 e. The molecule has 5 heteroatoms. The molecule has 15 heavy (non-hydrogen) atoms. The number of carbonyl (C=O) groups excluding carboxylic acids is 2. The highest BCUT2D eigenvalue weighted by Gasteiger charge is 2.32. The summed E-state index contributed by atoms with van der Waals surface area (Å²) in [5.74, 6) is -0.368. The van der Waals surface area contributed by atoms with E-state index in [4.69, 9.17) is 5.73 Å². The Hall–Kier alpha value is -1.10. The molecule has 1 amide bonds. The molecular weight excluding hydrogens is 196 g/mol. The number of hydrogen-bond acceptors (Lipinski definition) is 4. The third-order valence-corrected chi connectivity index (χ3v) is 2.65. The highest BCUT2D eigenvalue weighted by atomic mass is 16.5. The molecule has 0 saturated carbocycles. The molecule has 1 heterocycles. The van der Waals surface area contributed by atoms with Crippen LogP contribution in [0.25, 0.3) is 0 Å². The maximum Gasteiger partial charge on any atom is 0.328 e. The molecule has 2 N–H and O–H groups in total. The average molecular weight is 214 g/mol. The van der Waals surface area contributed by atoms with Gasteiger partial charge in [0.25, 0.3) is 0 Å². The summed E-state index contributed by atoms with van der Waals surface area (Å²) in [4.78, 5) is 24.7. The van der Waals surface area contributed by atoms with Crippen molar-refractivity contribution < 1.29 is 14.3 Å². The molecule has 1 aliphatic heterocycles. The number of hydrogen-bond donors (Lipinski definition) is 1. The van der Waals surface area contributed by atoms with E-state index in [0.717, 1.165) is 12.8 Å². The lowest BCUT2D eigenvalue weighted by Crippen LogP contribution is -2.48. The first kappa shape index (κ1) is 12.0. The van der Waals surface area contributed by atoms with Gasteiger partial charge in [-0.1, -0.05) is 0 Å². The van der Waals surface area contributed by atoms with Crippen LogP contribution in [0.3, 0.4) is 0 Å². The van der Waals surface area contributed by atoms with Crippen LogP contribution in [0.2, 0.25) is 0 Å². The number of nitrogens with two attached hydrogens (primary N) is 1. The predicted molar refractivity (Wildman–Crippen MR) is 55.0 cm³/mol. The van der Waals surface area contributed by atoms with E-state index < -0.39 is 6.04 Å². The first-order valence-electron chi connectivity index (χ1n) is 5.28. The Morgan fingerprint density at radius 2 is 2.20 bits per heavy atom. The molecule has 0 aliphatic carbocycles. The van der Waals surface area contributed by atoms with Gasteiger partial charge in [0.05, 0.1) is 7.11 Å². The van der Waals surface area contributed by atoms with E-state index in [2.05, 4.69) is 4.74 Å². The van der Waals surface area contributed by atoms with E-state index in [9.17, 15) is 9.59 Å². The molecule has 1 rings (SSSR count). The van der Waals surface area contributed by atoms with E-state index in [1.807, 2.05) is 0 Å². The number of piperidine rings is 1. The summed E-state index contributed by atoms with van der Waals surface area (Å²) in [6, 6.07) is -0.400. The van der Waals surface area contributed by atoms with Gasteiger partial charge in [-0.25, -0.2) is 4.79 Å². The van der Waals surface area contributed by atoms with Gasteiger partial charge in [-0.2, -0.15) is 0 Å². The number of methoxy groups -OCH3 is 1. The van der Waals surface area contributed by atoms with Crippen LogP contribution < -0.4 is 5.73 Å². The van der Waals surface area contributed by atoms with Crippen LogP contribution in [0.15, 0.2) is 0 Å². The maximum atomic E-state index is 11.7. The van der Waals surface area contributed by atoms with Gasteiger partial charge < -0.3 is 15.4 Å². The molecule has 0 aromatic carbocycles. The molecule has 1 fully saturated rings. The Morgan fingerprint density at radius 1 is 1.47 bits per heavy atom. The van der Waals surface area contributed by atoms with Crippen molar-refractivity contribution >= 4 is 11.9 Å². The fourth-order valence-corrected chi connectivity index (χ4v) is 1.88. The molecule has 0 spiro atoms. The number of nitrogens with zero attached hydrogens (tertiary/aromatic N) is 1. The van der Waals surface area contributed by atoms with Crippen molar-refractivity contribution in [2.75, 3.05) is 20.2 Å². The summed E-state index contributed by atoms with van der Waals surface area (Å²) in [5, 5.41) is 0. The summed E-state index contributed by atoms with van der Waals surface area (Å²) < 4.78 is 4.68. The molecule has 1 aliphatic rings.